The van der Waals surface area contributed by atoms with Crippen molar-refractivity contribution < 1.29 is 4.79 Å². The van der Waals surface area contributed by atoms with Gasteiger partial charge in [-0.05, 0) is 62.4 Å². The lowest BCUT2D eigenvalue weighted by Crippen LogP contribution is -2.40. The predicted octanol–water partition coefficient (Wildman–Crippen LogP) is 3.13. The zero-order chi connectivity index (χ0) is 15.1. The number of rotatable bonds is 6. The molecule has 4 heteroatoms. The first kappa shape index (κ1) is 16.5. The van der Waals surface area contributed by atoms with E-state index in [-0.39, 0.29) is 11.8 Å². The Morgan fingerprint density at radius 3 is 3.05 bits per heavy atom. The van der Waals surface area contributed by atoms with Gasteiger partial charge in [-0.2, -0.15) is 0 Å². The first-order valence-electron chi connectivity index (χ1n) is 7.92. The van der Waals surface area contributed by atoms with Crippen LogP contribution < -0.4 is 10.6 Å². The maximum atomic E-state index is 12.4. The summed E-state index contributed by atoms with van der Waals surface area (Å²) in [5.41, 5.74) is 1.21. The van der Waals surface area contributed by atoms with Gasteiger partial charge < -0.3 is 10.6 Å². The predicted molar refractivity (Wildman–Crippen MR) is 90.2 cm³/mol. The average Bonchev–Trinajstić information content (AvgIpc) is 2.51. The van der Waals surface area contributed by atoms with Gasteiger partial charge in [0.2, 0.25) is 5.91 Å². The molecule has 1 amide bonds. The van der Waals surface area contributed by atoms with Gasteiger partial charge >= 0.3 is 0 Å². The van der Waals surface area contributed by atoms with Crippen LogP contribution in [0.3, 0.4) is 0 Å². The number of hydrogen-bond acceptors (Lipinski definition) is 2. The highest BCUT2D eigenvalue weighted by molar-refractivity contribution is 9.10. The van der Waals surface area contributed by atoms with Crippen molar-refractivity contribution in [3.63, 3.8) is 0 Å². The zero-order valence-electron chi connectivity index (χ0n) is 12.7. The van der Waals surface area contributed by atoms with Gasteiger partial charge in [0.05, 0.1) is 0 Å². The van der Waals surface area contributed by atoms with Crippen LogP contribution in [-0.2, 0) is 11.2 Å². The number of piperidine rings is 1. The average molecular weight is 353 g/mol. The highest BCUT2D eigenvalue weighted by Gasteiger charge is 2.19. The van der Waals surface area contributed by atoms with Crippen LogP contribution >= 0.6 is 15.9 Å². The molecule has 1 aliphatic rings. The normalized spacial score (nSPS) is 20.0. The fourth-order valence-electron chi connectivity index (χ4n) is 2.86. The number of hydrogen-bond donors (Lipinski definition) is 2. The molecule has 1 aromatic carbocycles. The maximum Gasteiger partial charge on any atom is 0.223 e. The second kappa shape index (κ2) is 8.54. The smallest absolute Gasteiger partial charge is 0.223 e. The number of carbonyl (C=O) groups excluding carboxylic acids is 1. The van der Waals surface area contributed by atoms with Crippen molar-refractivity contribution in [2.45, 2.75) is 32.6 Å². The van der Waals surface area contributed by atoms with Crippen molar-refractivity contribution in [3.8, 4) is 0 Å². The number of halogens is 1. The first-order valence-corrected chi connectivity index (χ1v) is 8.71. The second-order valence-electron chi connectivity index (χ2n) is 5.90. The molecule has 1 fully saturated rings. The topological polar surface area (TPSA) is 41.1 Å². The third kappa shape index (κ3) is 5.44. The molecule has 1 heterocycles. The first-order chi connectivity index (χ1) is 10.2. The van der Waals surface area contributed by atoms with E-state index in [4.69, 9.17) is 0 Å². The largest absolute Gasteiger partial charge is 0.356 e. The number of nitrogens with one attached hydrogen (secondary N) is 2. The Kier molecular flexibility index (Phi) is 6.71. The van der Waals surface area contributed by atoms with Gasteiger partial charge in [0, 0.05) is 16.9 Å². The summed E-state index contributed by atoms with van der Waals surface area (Å²) in [7, 11) is 0. The van der Waals surface area contributed by atoms with Crippen LogP contribution in [0.5, 0.6) is 0 Å². The SMILES string of the molecule is CCC(Cc1cccc(Br)c1)C(=O)NCC1CCCNC1. The quantitative estimate of drug-likeness (QED) is 0.825. The lowest BCUT2D eigenvalue weighted by molar-refractivity contribution is -0.125. The standard InChI is InChI=1S/C17H25BrN2O/c1-2-15(9-13-5-3-7-16(18)10-13)17(21)20-12-14-6-4-8-19-11-14/h3,5,7,10,14-15,19H,2,4,6,8-9,11-12H2,1H3,(H,20,21). The Morgan fingerprint density at radius 1 is 1.52 bits per heavy atom. The van der Waals surface area contributed by atoms with Gasteiger partial charge in [-0.1, -0.05) is 35.0 Å². The van der Waals surface area contributed by atoms with Crippen molar-refractivity contribution in [3.05, 3.63) is 34.3 Å². The van der Waals surface area contributed by atoms with Crippen LogP contribution in [0.25, 0.3) is 0 Å². The molecule has 21 heavy (non-hydrogen) atoms. The van der Waals surface area contributed by atoms with Crippen LogP contribution in [0.4, 0.5) is 0 Å². The fourth-order valence-corrected chi connectivity index (χ4v) is 3.31. The Hall–Kier alpha value is -0.870. The third-order valence-electron chi connectivity index (χ3n) is 4.20. The Bertz CT molecular complexity index is 458. The van der Waals surface area contributed by atoms with Gasteiger partial charge in [0.1, 0.15) is 0 Å². The number of benzene rings is 1. The lowest BCUT2D eigenvalue weighted by Gasteiger charge is -2.24. The van der Waals surface area contributed by atoms with E-state index in [1.165, 1.54) is 18.4 Å². The van der Waals surface area contributed by atoms with Gasteiger partial charge in [-0.25, -0.2) is 0 Å². The molecule has 2 atom stereocenters. The zero-order valence-corrected chi connectivity index (χ0v) is 14.3. The molecule has 1 aliphatic heterocycles. The molecule has 116 valence electrons. The Balaban J connectivity index is 1.83. The number of amides is 1. The Labute approximate surface area is 136 Å². The monoisotopic (exact) mass is 352 g/mol. The number of carbonyl (C=O) groups is 1. The minimum atomic E-state index is 0.0656. The summed E-state index contributed by atoms with van der Waals surface area (Å²) in [6.45, 7) is 5.04. The molecule has 1 aromatic rings. The molecule has 0 spiro atoms. The minimum absolute atomic E-state index is 0.0656. The van der Waals surface area contributed by atoms with Crippen LogP contribution in [0.2, 0.25) is 0 Å². The van der Waals surface area contributed by atoms with E-state index in [1.54, 1.807) is 0 Å². The van der Waals surface area contributed by atoms with Crippen molar-refractivity contribution in [2.24, 2.45) is 11.8 Å². The molecule has 3 nitrogen and oxygen atoms in total. The van der Waals surface area contributed by atoms with E-state index in [0.29, 0.717) is 5.92 Å². The van der Waals surface area contributed by atoms with Crippen LogP contribution in [0, 0.1) is 11.8 Å². The second-order valence-corrected chi connectivity index (χ2v) is 6.81. The van der Waals surface area contributed by atoms with Crippen LogP contribution in [0.1, 0.15) is 31.7 Å². The highest BCUT2D eigenvalue weighted by atomic mass is 79.9. The van der Waals surface area contributed by atoms with E-state index >= 15 is 0 Å². The summed E-state index contributed by atoms with van der Waals surface area (Å²) in [6.07, 6.45) is 4.12. The van der Waals surface area contributed by atoms with Crippen molar-refractivity contribution in [1.29, 1.82) is 0 Å². The van der Waals surface area contributed by atoms with Crippen LogP contribution in [-0.4, -0.2) is 25.5 Å². The summed E-state index contributed by atoms with van der Waals surface area (Å²) in [4.78, 5) is 12.4. The Morgan fingerprint density at radius 2 is 2.38 bits per heavy atom. The van der Waals surface area contributed by atoms with Crippen molar-refractivity contribution >= 4 is 21.8 Å². The molecule has 2 N–H and O–H groups in total. The van der Waals surface area contributed by atoms with E-state index in [9.17, 15) is 4.79 Å². The van der Waals surface area contributed by atoms with E-state index in [2.05, 4.69) is 45.6 Å². The molecule has 0 aliphatic carbocycles. The van der Waals surface area contributed by atoms with Crippen molar-refractivity contribution in [1.82, 2.24) is 10.6 Å². The van der Waals surface area contributed by atoms with Gasteiger partial charge in [-0.15, -0.1) is 0 Å². The molecule has 0 aromatic heterocycles. The molecular weight excluding hydrogens is 328 g/mol. The molecule has 0 saturated carbocycles. The van der Waals surface area contributed by atoms with Crippen molar-refractivity contribution in [2.75, 3.05) is 19.6 Å². The lowest BCUT2D eigenvalue weighted by atomic mass is 9.95. The van der Waals surface area contributed by atoms with E-state index in [0.717, 1.165) is 36.9 Å². The molecule has 0 radical (unpaired) electrons. The maximum absolute atomic E-state index is 12.4. The molecule has 0 bridgehead atoms. The minimum Gasteiger partial charge on any atom is -0.356 e. The molecular formula is C17H25BrN2O. The van der Waals surface area contributed by atoms with E-state index < -0.39 is 0 Å². The van der Waals surface area contributed by atoms with Crippen LogP contribution in [0.15, 0.2) is 28.7 Å². The van der Waals surface area contributed by atoms with Gasteiger partial charge in [-0.3, -0.25) is 4.79 Å². The van der Waals surface area contributed by atoms with Gasteiger partial charge in [0.25, 0.3) is 0 Å². The van der Waals surface area contributed by atoms with Gasteiger partial charge in [0.15, 0.2) is 0 Å². The molecule has 2 rings (SSSR count). The summed E-state index contributed by atoms with van der Waals surface area (Å²) < 4.78 is 1.07. The summed E-state index contributed by atoms with van der Waals surface area (Å²) >= 11 is 3.49. The summed E-state index contributed by atoms with van der Waals surface area (Å²) in [6, 6.07) is 8.23. The summed E-state index contributed by atoms with van der Waals surface area (Å²) in [5, 5.41) is 6.54. The van der Waals surface area contributed by atoms with E-state index in [1.807, 2.05) is 12.1 Å². The fraction of sp³-hybridized carbons (Fsp3) is 0.588. The highest BCUT2D eigenvalue weighted by Crippen LogP contribution is 2.17. The third-order valence-corrected chi connectivity index (χ3v) is 4.69. The molecule has 1 saturated heterocycles. The molecule has 2 unspecified atom stereocenters. The summed E-state index contributed by atoms with van der Waals surface area (Å²) in [5.74, 6) is 0.852.